The summed E-state index contributed by atoms with van der Waals surface area (Å²) in [5.41, 5.74) is -2.99. The molecule has 1 aromatic carbocycles. The highest BCUT2D eigenvalue weighted by Gasteiger charge is 2.66. The Morgan fingerprint density at radius 2 is 1.89 bits per heavy atom. The van der Waals surface area contributed by atoms with Crippen LogP contribution in [0, 0.1) is 5.41 Å². The molecular weight excluding hydrogens is 249 g/mol. The highest BCUT2D eigenvalue weighted by Crippen LogP contribution is 2.47. The molecule has 1 N–H and O–H groups in total. The van der Waals surface area contributed by atoms with Gasteiger partial charge in [0.15, 0.2) is 5.78 Å². The maximum absolute atomic E-state index is 13.0. The quantitative estimate of drug-likeness (QED) is 0.787. The predicted molar refractivity (Wildman–Crippen MR) is 55.2 cm³/mol. The van der Waals surface area contributed by atoms with Gasteiger partial charge in [-0.05, 0) is 18.4 Å². The highest BCUT2D eigenvalue weighted by molar-refractivity contribution is 6.14. The van der Waals surface area contributed by atoms with Crippen molar-refractivity contribution in [3.05, 3.63) is 35.4 Å². The van der Waals surface area contributed by atoms with Crippen LogP contribution in [-0.2, 0) is 11.2 Å². The van der Waals surface area contributed by atoms with E-state index in [0.717, 1.165) is 0 Å². The lowest BCUT2D eigenvalue weighted by molar-refractivity contribution is -0.217. The van der Waals surface area contributed by atoms with Crippen LogP contribution in [0.4, 0.5) is 13.2 Å². The van der Waals surface area contributed by atoms with Crippen molar-refractivity contribution in [2.45, 2.75) is 19.0 Å². The van der Waals surface area contributed by atoms with Crippen molar-refractivity contribution < 1.29 is 27.9 Å². The molecule has 3 nitrogen and oxygen atoms in total. The van der Waals surface area contributed by atoms with Crippen LogP contribution in [0.2, 0.25) is 0 Å². The maximum atomic E-state index is 13.0. The average Bonchev–Trinajstić information content (AvgIpc) is 2.28. The van der Waals surface area contributed by atoms with Crippen LogP contribution in [0.15, 0.2) is 24.3 Å². The molecule has 0 aliphatic heterocycles. The zero-order valence-corrected chi connectivity index (χ0v) is 9.12. The van der Waals surface area contributed by atoms with Gasteiger partial charge in [0, 0.05) is 5.56 Å². The summed E-state index contributed by atoms with van der Waals surface area (Å²) in [6, 6.07) is 5.80. The van der Waals surface area contributed by atoms with Gasteiger partial charge in [-0.3, -0.25) is 9.59 Å². The molecule has 0 amide bonds. The molecule has 18 heavy (non-hydrogen) atoms. The summed E-state index contributed by atoms with van der Waals surface area (Å²) in [4.78, 5) is 22.9. The molecule has 96 valence electrons. The number of ketones is 1. The van der Waals surface area contributed by atoms with Crippen molar-refractivity contribution in [2.75, 3.05) is 0 Å². The van der Waals surface area contributed by atoms with E-state index in [2.05, 4.69) is 0 Å². The Morgan fingerprint density at radius 1 is 1.28 bits per heavy atom. The predicted octanol–water partition coefficient (Wildman–Crippen LogP) is 2.45. The largest absolute Gasteiger partial charge is 0.480 e. The van der Waals surface area contributed by atoms with Gasteiger partial charge < -0.3 is 5.11 Å². The number of carbonyl (C=O) groups is 2. The van der Waals surface area contributed by atoms with Gasteiger partial charge >= 0.3 is 12.1 Å². The average molecular weight is 258 g/mol. The Kier molecular flexibility index (Phi) is 2.68. The van der Waals surface area contributed by atoms with Crippen molar-refractivity contribution in [2.24, 2.45) is 5.41 Å². The van der Waals surface area contributed by atoms with E-state index in [0.29, 0.717) is 5.56 Å². The molecule has 0 aromatic heterocycles. The number of halogens is 3. The van der Waals surface area contributed by atoms with Gasteiger partial charge in [-0.25, -0.2) is 0 Å². The fourth-order valence-electron chi connectivity index (χ4n) is 2.22. The molecule has 0 radical (unpaired) electrons. The Bertz CT molecular complexity index is 522. The molecule has 0 heterocycles. The molecule has 0 spiro atoms. The van der Waals surface area contributed by atoms with E-state index in [4.69, 9.17) is 5.11 Å². The fraction of sp³-hybridized carbons (Fsp3) is 0.333. The summed E-state index contributed by atoms with van der Waals surface area (Å²) < 4.78 is 39.0. The van der Waals surface area contributed by atoms with Crippen molar-refractivity contribution in [3.63, 3.8) is 0 Å². The van der Waals surface area contributed by atoms with Gasteiger partial charge in [-0.1, -0.05) is 24.3 Å². The minimum Gasteiger partial charge on any atom is -0.480 e. The number of alkyl halides is 3. The standard InChI is InChI=1S/C12H9F3O3/c13-12(14,15)11(10(17)18)6-5-7-3-1-2-4-8(7)9(11)16/h1-4H,5-6H2,(H,17,18). The molecule has 0 saturated carbocycles. The molecule has 1 aliphatic rings. The van der Waals surface area contributed by atoms with Crippen LogP contribution in [0.25, 0.3) is 0 Å². The number of aliphatic carboxylic acids is 1. The first-order valence-electron chi connectivity index (χ1n) is 5.23. The molecule has 0 fully saturated rings. The second-order valence-electron chi connectivity index (χ2n) is 4.19. The number of fused-ring (bicyclic) bond motifs is 1. The number of rotatable bonds is 1. The van der Waals surface area contributed by atoms with Crippen molar-refractivity contribution in [1.29, 1.82) is 0 Å². The second-order valence-corrected chi connectivity index (χ2v) is 4.19. The van der Waals surface area contributed by atoms with Crippen LogP contribution >= 0.6 is 0 Å². The number of aryl methyl sites for hydroxylation is 1. The summed E-state index contributed by atoms with van der Waals surface area (Å²) >= 11 is 0. The lowest BCUT2D eigenvalue weighted by Crippen LogP contribution is -2.53. The number of hydrogen-bond acceptors (Lipinski definition) is 2. The smallest absolute Gasteiger partial charge is 0.412 e. The van der Waals surface area contributed by atoms with Crippen LogP contribution in [-0.4, -0.2) is 23.0 Å². The number of Topliss-reactive ketones (excluding diaryl/α,β-unsaturated/α-hetero) is 1. The van der Waals surface area contributed by atoms with E-state index in [1.54, 1.807) is 6.07 Å². The van der Waals surface area contributed by atoms with E-state index in [1.165, 1.54) is 18.2 Å². The summed E-state index contributed by atoms with van der Waals surface area (Å²) in [5.74, 6) is -3.50. The third-order valence-electron chi connectivity index (χ3n) is 3.27. The third kappa shape index (κ3) is 1.52. The molecule has 1 aromatic rings. The van der Waals surface area contributed by atoms with Gasteiger partial charge in [0.05, 0.1) is 0 Å². The second kappa shape index (κ2) is 3.83. The number of hydrogen-bond donors (Lipinski definition) is 1. The normalized spacial score (nSPS) is 23.6. The van der Waals surface area contributed by atoms with Crippen LogP contribution in [0.3, 0.4) is 0 Å². The van der Waals surface area contributed by atoms with E-state index in [9.17, 15) is 22.8 Å². The number of benzene rings is 1. The first kappa shape index (κ1) is 12.6. The Hall–Kier alpha value is -1.85. The van der Waals surface area contributed by atoms with Gasteiger partial charge in [-0.15, -0.1) is 0 Å². The summed E-state index contributed by atoms with van der Waals surface area (Å²) in [6.07, 6.45) is -5.92. The molecule has 1 unspecified atom stereocenters. The van der Waals surface area contributed by atoms with Crippen molar-refractivity contribution in [3.8, 4) is 0 Å². The number of carboxylic acid groups (broad SMARTS) is 1. The van der Waals surface area contributed by atoms with Crippen molar-refractivity contribution >= 4 is 11.8 Å². The lowest BCUT2D eigenvalue weighted by Gasteiger charge is -2.34. The topological polar surface area (TPSA) is 54.4 Å². The molecule has 0 bridgehead atoms. The van der Waals surface area contributed by atoms with Gasteiger partial charge in [-0.2, -0.15) is 13.2 Å². The molecule has 6 heteroatoms. The van der Waals surface area contributed by atoms with E-state index >= 15 is 0 Å². The summed E-state index contributed by atoms with van der Waals surface area (Å²) in [6.45, 7) is 0. The first-order valence-corrected chi connectivity index (χ1v) is 5.23. The summed E-state index contributed by atoms with van der Waals surface area (Å²) in [5, 5.41) is 8.88. The van der Waals surface area contributed by atoms with E-state index < -0.39 is 29.8 Å². The monoisotopic (exact) mass is 258 g/mol. The SMILES string of the molecule is O=C(O)C1(C(F)(F)F)CCc2ccccc2C1=O. The third-order valence-corrected chi connectivity index (χ3v) is 3.27. The maximum Gasteiger partial charge on any atom is 0.412 e. The van der Waals surface area contributed by atoms with E-state index in [-0.39, 0.29) is 12.0 Å². The molecule has 2 rings (SSSR count). The van der Waals surface area contributed by atoms with Crippen LogP contribution in [0.5, 0.6) is 0 Å². The molecular formula is C12H9F3O3. The molecule has 1 atom stereocenters. The highest BCUT2D eigenvalue weighted by atomic mass is 19.4. The van der Waals surface area contributed by atoms with Gasteiger partial charge in [0.1, 0.15) is 0 Å². The summed E-state index contributed by atoms with van der Waals surface area (Å²) in [7, 11) is 0. The zero-order valence-electron chi connectivity index (χ0n) is 9.12. The van der Waals surface area contributed by atoms with Gasteiger partial charge in [0.25, 0.3) is 0 Å². The number of carboxylic acids is 1. The Balaban J connectivity index is 2.62. The first-order chi connectivity index (χ1) is 8.30. The fourth-order valence-corrected chi connectivity index (χ4v) is 2.22. The minimum absolute atomic E-state index is 0.0757. The van der Waals surface area contributed by atoms with E-state index in [1.807, 2.05) is 0 Å². The lowest BCUT2D eigenvalue weighted by atomic mass is 9.70. The molecule has 0 saturated heterocycles. The minimum atomic E-state index is -5.09. The van der Waals surface area contributed by atoms with Gasteiger partial charge in [0.2, 0.25) is 5.41 Å². The number of carbonyl (C=O) groups excluding carboxylic acids is 1. The van der Waals surface area contributed by atoms with Crippen LogP contribution < -0.4 is 0 Å². The molecule has 1 aliphatic carbocycles. The Morgan fingerprint density at radius 3 is 2.44 bits per heavy atom. The zero-order chi connectivity index (χ0) is 13.6. The Labute approximate surface area is 100 Å². The van der Waals surface area contributed by atoms with Crippen LogP contribution in [0.1, 0.15) is 22.3 Å². The van der Waals surface area contributed by atoms with Crippen molar-refractivity contribution in [1.82, 2.24) is 0 Å².